The average Bonchev–Trinajstić information content (AvgIpc) is 3.33. The Balaban J connectivity index is 0.000000320. The summed E-state index contributed by atoms with van der Waals surface area (Å²) in [5.41, 5.74) is 2.88. The quantitative estimate of drug-likeness (QED) is 0.454. The van der Waals surface area contributed by atoms with Gasteiger partial charge in [-0.15, -0.1) is 0 Å². The van der Waals surface area contributed by atoms with Gasteiger partial charge in [0.2, 0.25) is 16.4 Å². The number of amides is 1. The molecule has 9 nitrogen and oxygen atoms in total. The largest absolute Gasteiger partial charge is 0.380 e. The molecular formula is C25H33N5O4S. The number of methoxy groups -OCH3 is 1. The number of aromatic nitrogens is 3. The van der Waals surface area contributed by atoms with Crippen LogP contribution in [0.25, 0.3) is 0 Å². The summed E-state index contributed by atoms with van der Waals surface area (Å²) in [6, 6.07) is 17.7. The molecular weight excluding hydrogens is 466 g/mol. The van der Waals surface area contributed by atoms with Crippen LogP contribution in [0, 0.1) is 0 Å². The van der Waals surface area contributed by atoms with Crippen molar-refractivity contribution in [3.63, 3.8) is 0 Å². The van der Waals surface area contributed by atoms with Gasteiger partial charge in [0.25, 0.3) is 0 Å². The van der Waals surface area contributed by atoms with Crippen LogP contribution in [0.2, 0.25) is 0 Å². The third-order valence-electron chi connectivity index (χ3n) is 5.63. The van der Waals surface area contributed by atoms with E-state index in [0.717, 1.165) is 62.8 Å². The zero-order valence-electron chi connectivity index (χ0n) is 20.2. The number of ether oxygens (including phenoxy) is 1. The van der Waals surface area contributed by atoms with Gasteiger partial charge < -0.3 is 9.64 Å². The summed E-state index contributed by atoms with van der Waals surface area (Å²) in [4.78, 5) is 17.0. The Morgan fingerprint density at radius 3 is 2.31 bits per heavy atom. The summed E-state index contributed by atoms with van der Waals surface area (Å²) >= 11 is 0. The number of piperidine rings is 1. The lowest BCUT2D eigenvalue weighted by Gasteiger charge is -2.28. The molecule has 0 bridgehead atoms. The van der Waals surface area contributed by atoms with E-state index in [1.807, 2.05) is 47.1 Å². The SMILES string of the molecule is COCc1ccccc1.CS(=O)(=O)Nc1ccc(CCc2ncn(C3CCN(C=O)CC3)n2)cc1. The third-order valence-corrected chi connectivity index (χ3v) is 6.23. The second-order valence-corrected chi connectivity index (χ2v) is 10.3. The van der Waals surface area contributed by atoms with Gasteiger partial charge in [0, 0.05) is 32.3 Å². The van der Waals surface area contributed by atoms with Gasteiger partial charge in [0.15, 0.2) is 5.82 Å². The maximum atomic E-state index is 11.2. The van der Waals surface area contributed by atoms with Crippen LogP contribution in [0.5, 0.6) is 0 Å². The van der Waals surface area contributed by atoms with Gasteiger partial charge in [0.1, 0.15) is 6.33 Å². The van der Waals surface area contributed by atoms with E-state index in [9.17, 15) is 13.2 Å². The second-order valence-electron chi connectivity index (χ2n) is 8.50. The van der Waals surface area contributed by atoms with E-state index < -0.39 is 10.0 Å². The summed E-state index contributed by atoms with van der Waals surface area (Å²) < 4.78 is 31.7. The zero-order chi connectivity index (χ0) is 25.1. The minimum absolute atomic E-state index is 0.300. The highest BCUT2D eigenvalue weighted by Crippen LogP contribution is 2.20. The Kier molecular flexibility index (Phi) is 9.80. The van der Waals surface area contributed by atoms with Crippen molar-refractivity contribution in [3.8, 4) is 0 Å². The Hall–Kier alpha value is -3.24. The lowest BCUT2D eigenvalue weighted by molar-refractivity contribution is -0.119. The molecule has 1 amide bonds. The maximum absolute atomic E-state index is 11.2. The fourth-order valence-corrected chi connectivity index (χ4v) is 4.37. The smallest absolute Gasteiger partial charge is 0.229 e. The van der Waals surface area contributed by atoms with Gasteiger partial charge >= 0.3 is 0 Å². The summed E-state index contributed by atoms with van der Waals surface area (Å²) in [7, 11) is -1.55. The van der Waals surface area contributed by atoms with E-state index in [0.29, 0.717) is 18.3 Å². The molecule has 1 aliphatic heterocycles. The number of benzene rings is 2. The monoisotopic (exact) mass is 499 g/mol. The number of hydrogen-bond donors (Lipinski definition) is 1. The molecule has 0 radical (unpaired) electrons. The van der Waals surface area contributed by atoms with Crippen molar-refractivity contribution in [1.29, 1.82) is 0 Å². The molecule has 188 valence electrons. The number of sulfonamides is 1. The number of aryl methyl sites for hydroxylation is 2. The number of hydrogen-bond acceptors (Lipinski definition) is 6. The summed E-state index contributed by atoms with van der Waals surface area (Å²) in [6.45, 7) is 2.23. The van der Waals surface area contributed by atoms with Crippen molar-refractivity contribution >= 4 is 22.1 Å². The first kappa shape index (κ1) is 26.4. The van der Waals surface area contributed by atoms with Crippen LogP contribution in [0.3, 0.4) is 0 Å². The molecule has 1 N–H and O–H groups in total. The molecule has 1 fully saturated rings. The van der Waals surface area contributed by atoms with Gasteiger partial charge in [-0.25, -0.2) is 18.1 Å². The van der Waals surface area contributed by atoms with E-state index in [1.165, 1.54) is 5.56 Å². The molecule has 35 heavy (non-hydrogen) atoms. The van der Waals surface area contributed by atoms with Gasteiger partial charge in [-0.1, -0.05) is 42.5 Å². The molecule has 2 heterocycles. The maximum Gasteiger partial charge on any atom is 0.229 e. The number of carbonyl (C=O) groups excluding carboxylic acids is 1. The van der Waals surface area contributed by atoms with Crippen molar-refractivity contribution < 1.29 is 17.9 Å². The van der Waals surface area contributed by atoms with Gasteiger partial charge in [-0.05, 0) is 42.5 Å². The number of anilines is 1. The van der Waals surface area contributed by atoms with Crippen LogP contribution < -0.4 is 4.72 Å². The van der Waals surface area contributed by atoms with Crippen LogP contribution in [-0.2, 0) is 39.0 Å². The Morgan fingerprint density at radius 2 is 1.71 bits per heavy atom. The first-order valence-electron chi connectivity index (χ1n) is 11.6. The average molecular weight is 500 g/mol. The minimum Gasteiger partial charge on any atom is -0.380 e. The molecule has 3 aromatic rings. The third kappa shape index (κ3) is 9.14. The molecule has 2 aromatic carbocycles. The van der Waals surface area contributed by atoms with Crippen molar-refractivity contribution in [3.05, 3.63) is 77.9 Å². The molecule has 0 aliphatic carbocycles. The molecule has 0 atom stereocenters. The molecule has 1 aliphatic rings. The van der Waals surface area contributed by atoms with Crippen molar-refractivity contribution in [2.24, 2.45) is 0 Å². The van der Waals surface area contributed by atoms with Crippen molar-refractivity contribution in [1.82, 2.24) is 19.7 Å². The van der Waals surface area contributed by atoms with E-state index in [1.54, 1.807) is 30.5 Å². The Morgan fingerprint density at radius 1 is 1.03 bits per heavy atom. The lowest BCUT2D eigenvalue weighted by Crippen LogP contribution is -2.33. The first-order valence-corrected chi connectivity index (χ1v) is 13.4. The van der Waals surface area contributed by atoms with Gasteiger partial charge in [0.05, 0.1) is 18.9 Å². The van der Waals surface area contributed by atoms with E-state index >= 15 is 0 Å². The molecule has 1 aromatic heterocycles. The summed E-state index contributed by atoms with van der Waals surface area (Å²) in [5.74, 6) is 0.793. The van der Waals surface area contributed by atoms with Crippen LogP contribution in [0.15, 0.2) is 60.9 Å². The molecule has 10 heteroatoms. The van der Waals surface area contributed by atoms with E-state index in [2.05, 4.69) is 14.8 Å². The highest BCUT2D eigenvalue weighted by Gasteiger charge is 2.20. The predicted octanol–water partition coefficient (Wildman–Crippen LogP) is 3.06. The number of nitrogens with one attached hydrogen (secondary N) is 1. The van der Waals surface area contributed by atoms with Crippen LogP contribution in [-0.4, -0.2) is 60.9 Å². The number of likely N-dealkylation sites (tertiary alicyclic amines) is 1. The topological polar surface area (TPSA) is 106 Å². The van der Waals surface area contributed by atoms with E-state index in [-0.39, 0.29) is 0 Å². The van der Waals surface area contributed by atoms with Crippen molar-refractivity contribution in [2.45, 2.75) is 38.3 Å². The van der Waals surface area contributed by atoms with Gasteiger partial charge in [-0.3, -0.25) is 9.52 Å². The molecule has 0 spiro atoms. The van der Waals surface area contributed by atoms with Crippen LogP contribution in [0.4, 0.5) is 5.69 Å². The predicted molar refractivity (Wildman–Crippen MR) is 135 cm³/mol. The van der Waals surface area contributed by atoms with E-state index in [4.69, 9.17) is 4.74 Å². The standard InChI is InChI=1S/C17H23N5O3S.C8H10O/c1-26(24,25)20-15-5-2-14(3-6-15)4-7-17-18-12-22(19-17)16-8-10-21(13-23)11-9-16;1-9-7-8-5-3-2-4-6-8/h2-3,5-6,12-13,16,20H,4,7-11H2,1H3;2-6H,7H2,1H3. The molecule has 1 saturated heterocycles. The minimum atomic E-state index is -3.25. The van der Waals surface area contributed by atoms with Crippen LogP contribution in [0.1, 0.15) is 35.8 Å². The fourth-order valence-electron chi connectivity index (χ4n) is 3.81. The van der Waals surface area contributed by atoms with Crippen molar-refractivity contribution in [2.75, 3.05) is 31.2 Å². The number of carbonyl (C=O) groups is 1. The fraction of sp³-hybridized carbons (Fsp3) is 0.400. The Bertz CT molecular complexity index is 1140. The molecule has 0 unspecified atom stereocenters. The number of rotatable bonds is 9. The zero-order valence-corrected chi connectivity index (χ0v) is 21.0. The summed E-state index contributed by atoms with van der Waals surface area (Å²) in [5, 5.41) is 4.57. The number of nitrogens with zero attached hydrogens (tertiary/aromatic N) is 4. The van der Waals surface area contributed by atoms with Gasteiger partial charge in [-0.2, -0.15) is 5.10 Å². The highest BCUT2D eigenvalue weighted by atomic mass is 32.2. The normalized spacial score (nSPS) is 14.2. The lowest BCUT2D eigenvalue weighted by atomic mass is 10.1. The first-order chi connectivity index (χ1) is 16.9. The Labute approximate surface area is 207 Å². The highest BCUT2D eigenvalue weighted by molar-refractivity contribution is 7.92. The summed E-state index contributed by atoms with van der Waals surface area (Å²) in [6.07, 6.45) is 7.11. The molecule has 0 saturated carbocycles. The second kappa shape index (κ2) is 13.0. The molecule has 4 rings (SSSR count). The van der Waals surface area contributed by atoms with Crippen LogP contribution >= 0.6 is 0 Å².